The second-order valence-corrected chi connectivity index (χ2v) is 4.54. The molecule has 0 amide bonds. The van der Waals surface area contributed by atoms with Crippen LogP contribution in [0.25, 0.3) is 11.0 Å². The van der Waals surface area contributed by atoms with Gasteiger partial charge < -0.3 is 10.3 Å². The zero-order valence-corrected chi connectivity index (χ0v) is 10.8. The number of fused-ring (bicyclic) bond motifs is 1. The lowest BCUT2D eigenvalue weighted by atomic mass is 10.1. The summed E-state index contributed by atoms with van der Waals surface area (Å²) in [6.45, 7) is 6.59. The van der Waals surface area contributed by atoms with E-state index in [9.17, 15) is 0 Å². The molecular weight excluding hydrogens is 210 g/mol. The number of hydrogen-bond donors (Lipinski definition) is 2. The summed E-state index contributed by atoms with van der Waals surface area (Å²) in [7, 11) is 0. The van der Waals surface area contributed by atoms with Crippen LogP contribution in [0.15, 0.2) is 24.3 Å². The van der Waals surface area contributed by atoms with Gasteiger partial charge in [-0.05, 0) is 31.9 Å². The van der Waals surface area contributed by atoms with E-state index in [-0.39, 0.29) is 6.04 Å². The first kappa shape index (κ1) is 12.1. The number of aromatic nitrogens is 2. The minimum Gasteiger partial charge on any atom is -0.341 e. The van der Waals surface area contributed by atoms with E-state index < -0.39 is 0 Å². The third-order valence-electron chi connectivity index (χ3n) is 3.29. The highest BCUT2D eigenvalue weighted by Crippen LogP contribution is 2.16. The van der Waals surface area contributed by atoms with Crippen molar-refractivity contribution in [2.45, 2.75) is 45.7 Å². The van der Waals surface area contributed by atoms with Gasteiger partial charge in [-0.25, -0.2) is 4.98 Å². The van der Waals surface area contributed by atoms with Crippen molar-refractivity contribution in [2.24, 2.45) is 0 Å². The number of nitrogens with one attached hydrogen (secondary N) is 2. The van der Waals surface area contributed by atoms with Gasteiger partial charge in [0, 0.05) is 6.04 Å². The van der Waals surface area contributed by atoms with Crippen LogP contribution in [0, 0.1) is 0 Å². The molecule has 0 aliphatic rings. The van der Waals surface area contributed by atoms with Crippen molar-refractivity contribution in [3.05, 3.63) is 30.1 Å². The van der Waals surface area contributed by atoms with Gasteiger partial charge in [-0.1, -0.05) is 26.0 Å². The quantitative estimate of drug-likeness (QED) is 0.828. The molecule has 1 unspecified atom stereocenters. The van der Waals surface area contributed by atoms with Gasteiger partial charge in [-0.2, -0.15) is 0 Å². The molecule has 0 aliphatic carbocycles. The fourth-order valence-electron chi connectivity index (χ4n) is 2.13. The first-order valence-electron chi connectivity index (χ1n) is 6.45. The predicted octanol–water partition coefficient (Wildman–Crippen LogP) is 3.40. The maximum atomic E-state index is 4.62. The highest BCUT2D eigenvalue weighted by atomic mass is 15.0. The highest BCUT2D eigenvalue weighted by molar-refractivity contribution is 5.74. The average Bonchev–Trinajstić information content (AvgIpc) is 2.79. The average molecular weight is 231 g/mol. The molecule has 0 spiro atoms. The minimum absolute atomic E-state index is 0.271. The number of para-hydroxylation sites is 2. The van der Waals surface area contributed by atoms with Crippen LogP contribution in [0.2, 0.25) is 0 Å². The smallest absolute Gasteiger partial charge is 0.124 e. The Morgan fingerprint density at radius 3 is 2.59 bits per heavy atom. The summed E-state index contributed by atoms with van der Waals surface area (Å²) < 4.78 is 0. The molecule has 1 aromatic heterocycles. The van der Waals surface area contributed by atoms with E-state index in [1.165, 1.54) is 0 Å². The van der Waals surface area contributed by atoms with E-state index in [2.05, 4.69) is 42.1 Å². The lowest BCUT2D eigenvalue weighted by molar-refractivity contribution is 0.423. The van der Waals surface area contributed by atoms with Crippen molar-refractivity contribution in [1.82, 2.24) is 15.3 Å². The summed E-state index contributed by atoms with van der Waals surface area (Å²) >= 11 is 0. The highest BCUT2D eigenvalue weighted by Gasteiger charge is 2.13. The number of benzene rings is 1. The summed E-state index contributed by atoms with van der Waals surface area (Å²) in [5.41, 5.74) is 2.15. The Morgan fingerprint density at radius 1 is 1.24 bits per heavy atom. The topological polar surface area (TPSA) is 40.7 Å². The van der Waals surface area contributed by atoms with Gasteiger partial charge in [0.25, 0.3) is 0 Å². The fourth-order valence-corrected chi connectivity index (χ4v) is 2.13. The summed E-state index contributed by atoms with van der Waals surface area (Å²) in [5, 5.41) is 3.60. The molecular formula is C14H21N3. The number of imidazole rings is 1. The molecule has 1 atom stereocenters. The lowest BCUT2D eigenvalue weighted by Crippen LogP contribution is -2.30. The molecule has 17 heavy (non-hydrogen) atoms. The van der Waals surface area contributed by atoms with E-state index in [1.807, 2.05) is 18.2 Å². The van der Waals surface area contributed by atoms with Gasteiger partial charge in [-0.3, -0.25) is 0 Å². The molecule has 92 valence electrons. The first-order valence-corrected chi connectivity index (χ1v) is 6.45. The SMILES string of the molecule is CCC(CC)NC(C)c1nc2ccccc2[nH]1. The zero-order valence-electron chi connectivity index (χ0n) is 10.8. The van der Waals surface area contributed by atoms with E-state index in [1.54, 1.807) is 0 Å². The van der Waals surface area contributed by atoms with Crippen LogP contribution in [0.1, 0.15) is 45.5 Å². The largest absolute Gasteiger partial charge is 0.341 e. The number of rotatable bonds is 5. The monoisotopic (exact) mass is 231 g/mol. The molecule has 0 saturated carbocycles. The molecule has 0 fully saturated rings. The number of aromatic amines is 1. The second kappa shape index (κ2) is 5.32. The Balaban J connectivity index is 2.15. The Kier molecular flexibility index (Phi) is 3.79. The Hall–Kier alpha value is -1.35. The molecule has 0 bridgehead atoms. The van der Waals surface area contributed by atoms with Gasteiger partial charge in [-0.15, -0.1) is 0 Å². The van der Waals surface area contributed by atoms with E-state index in [0.29, 0.717) is 6.04 Å². The van der Waals surface area contributed by atoms with Crippen molar-refractivity contribution in [1.29, 1.82) is 0 Å². The van der Waals surface area contributed by atoms with Crippen LogP contribution in [-0.2, 0) is 0 Å². The molecule has 0 aliphatic heterocycles. The minimum atomic E-state index is 0.271. The molecule has 2 N–H and O–H groups in total. The third kappa shape index (κ3) is 2.67. The van der Waals surface area contributed by atoms with Crippen LogP contribution in [0.4, 0.5) is 0 Å². The molecule has 2 rings (SSSR count). The zero-order chi connectivity index (χ0) is 12.3. The maximum absolute atomic E-state index is 4.62. The standard InChI is InChI=1S/C14H21N3/c1-4-11(5-2)15-10(3)14-16-12-8-6-7-9-13(12)17-14/h6-11,15H,4-5H2,1-3H3,(H,16,17). The van der Waals surface area contributed by atoms with Crippen LogP contribution in [0.3, 0.4) is 0 Å². The maximum Gasteiger partial charge on any atom is 0.124 e. The summed E-state index contributed by atoms with van der Waals surface area (Å²) in [5.74, 6) is 1.03. The number of H-pyrrole nitrogens is 1. The van der Waals surface area contributed by atoms with Crippen LogP contribution in [0.5, 0.6) is 0 Å². The number of hydrogen-bond acceptors (Lipinski definition) is 2. The van der Waals surface area contributed by atoms with Crippen molar-refractivity contribution >= 4 is 11.0 Å². The van der Waals surface area contributed by atoms with Crippen molar-refractivity contribution in [3.8, 4) is 0 Å². The van der Waals surface area contributed by atoms with E-state index >= 15 is 0 Å². The summed E-state index contributed by atoms with van der Waals surface area (Å²) in [6.07, 6.45) is 2.31. The Labute approximate surface area is 103 Å². The molecule has 3 nitrogen and oxygen atoms in total. The molecule has 2 aromatic rings. The van der Waals surface area contributed by atoms with E-state index in [4.69, 9.17) is 0 Å². The predicted molar refractivity (Wildman–Crippen MR) is 72.0 cm³/mol. The Bertz CT molecular complexity index is 438. The van der Waals surface area contributed by atoms with Crippen LogP contribution < -0.4 is 5.32 Å². The fraction of sp³-hybridized carbons (Fsp3) is 0.500. The third-order valence-corrected chi connectivity index (χ3v) is 3.29. The van der Waals surface area contributed by atoms with Crippen molar-refractivity contribution in [3.63, 3.8) is 0 Å². The van der Waals surface area contributed by atoms with Crippen molar-refractivity contribution < 1.29 is 0 Å². The van der Waals surface area contributed by atoms with Gasteiger partial charge in [0.05, 0.1) is 17.1 Å². The summed E-state index contributed by atoms with van der Waals surface area (Å²) in [6, 6.07) is 9.00. The molecule has 1 aromatic carbocycles. The molecule has 0 saturated heterocycles. The lowest BCUT2D eigenvalue weighted by Gasteiger charge is -2.19. The van der Waals surface area contributed by atoms with Gasteiger partial charge in [0.2, 0.25) is 0 Å². The molecule has 3 heteroatoms. The van der Waals surface area contributed by atoms with Gasteiger partial charge in [0.1, 0.15) is 5.82 Å². The van der Waals surface area contributed by atoms with Gasteiger partial charge in [0.15, 0.2) is 0 Å². The summed E-state index contributed by atoms with van der Waals surface area (Å²) in [4.78, 5) is 7.99. The van der Waals surface area contributed by atoms with Gasteiger partial charge >= 0.3 is 0 Å². The molecule has 0 radical (unpaired) electrons. The normalized spacial score (nSPS) is 13.4. The van der Waals surface area contributed by atoms with Crippen LogP contribution in [-0.4, -0.2) is 16.0 Å². The van der Waals surface area contributed by atoms with Crippen molar-refractivity contribution in [2.75, 3.05) is 0 Å². The van der Waals surface area contributed by atoms with Crippen LogP contribution >= 0.6 is 0 Å². The van der Waals surface area contributed by atoms with E-state index in [0.717, 1.165) is 29.7 Å². The first-order chi connectivity index (χ1) is 8.24. The second-order valence-electron chi connectivity index (χ2n) is 4.54. The molecule has 1 heterocycles. The number of nitrogens with zero attached hydrogens (tertiary/aromatic N) is 1. The Morgan fingerprint density at radius 2 is 1.94 bits per heavy atom.